The van der Waals surface area contributed by atoms with Gasteiger partial charge in [-0.15, -0.1) is 0 Å². The number of rotatable bonds is 11. The third kappa shape index (κ3) is 6.03. The van der Waals surface area contributed by atoms with Crippen molar-refractivity contribution < 1.29 is 4.74 Å². The van der Waals surface area contributed by atoms with Crippen molar-refractivity contribution in [3.05, 3.63) is 77.4 Å². The van der Waals surface area contributed by atoms with E-state index in [1.165, 1.54) is 12.8 Å². The molecule has 0 aliphatic heterocycles. The first-order chi connectivity index (χ1) is 16.2. The van der Waals surface area contributed by atoms with Crippen molar-refractivity contribution in [1.82, 2.24) is 0 Å². The van der Waals surface area contributed by atoms with Crippen LogP contribution in [0.4, 0.5) is 0 Å². The molecule has 3 heteroatoms. The normalized spacial score (nSPS) is 10.4. The van der Waals surface area contributed by atoms with E-state index in [9.17, 15) is 10.5 Å². The monoisotopic (exact) mass is 436 g/mol. The lowest BCUT2D eigenvalue weighted by Crippen LogP contribution is -1.99. The second-order valence-electron chi connectivity index (χ2n) is 8.33. The van der Waals surface area contributed by atoms with Gasteiger partial charge in [-0.1, -0.05) is 88.1 Å². The first-order valence-corrected chi connectivity index (χ1v) is 12.0. The Balaban J connectivity index is 1.95. The van der Waals surface area contributed by atoms with E-state index >= 15 is 0 Å². The molecular formula is C30H32N2O. The van der Waals surface area contributed by atoms with Crippen molar-refractivity contribution in [2.75, 3.05) is 6.61 Å². The standard InChI is InChI=1S/C30H32N2O/c1-3-5-7-11-23-16-19-28(30(22-32)29(23)21-31)27-13-9-8-12-26(27)24-14-17-25(18-15-24)33-20-10-6-4-2/h8-9,12-19H,3-7,10-11,20H2,1-2H3. The predicted octanol–water partition coefficient (Wildman–Crippen LogP) is 8.07. The average Bonchev–Trinajstić information content (AvgIpc) is 2.86. The summed E-state index contributed by atoms with van der Waals surface area (Å²) in [6, 6.07) is 24.9. The summed E-state index contributed by atoms with van der Waals surface area (Å²) < 4.78 is 5.85. The van der Waals surface area contributed by atoms with Crippen molar-refractivity contribution in [1.29, 1.82) is 10.5 Å². The third-order valence-electron chi connectivity index (χ3n) is 5.96. The summed E-state index contributed by atoms with van der Waals surface area (Å²) in [7, 11) is 0. The van der Waals surface area contributed by atoms with E-state index in [2.05, 4.69) is 44.2 Å². The number of hydrogen-bond donors (Lipinski definition) is 0. The zero-order chi connectivity index (χ0) is 23.5. The smallest absolute Gasteiger partial charge is 0.119 e. The Labute approximate surface area is 198 Å². The average molecular weight is 437 g/mol. The number of ether oxygens (including phenoxy) is 1. The van der Waals surface area contributed by atoms with Crippen LogP contribution in [0.5, 0.6) is 5.75 Å². The molecule has 0 atom stereocenters. The molecule has 168 valence electrons. The molecule has 0 fully saturated rings. The minimum atomic E-state index is 0.467. The fraction of sp³-hybridized carbons (Fsp3) is 0.333. The van der Waals surface area contributed by atoms with E-state index in [0.717, 1.165) is 72.3 Å². The number of aryl methyl sites for hydroxylation is 1. The van der Waals surface area contributed by atoms with Gasteiger partial charge in [0.05, 0.1) is 17.7 Å². The van der Waals surface area contributed by atoms with Crippen LogP contribution in [0.15, 0.2) is 60.7 Å². The van der Waals surface area contributed by atoms with Gasteiger partial charge >= 0.3 is 0 Å². The summed E-state index contributed by atoms with van der Waals surface area (Å²) >= 11 is 0. The molecule has 0 unspecified atom stereocenters. The van der Waals surface area contributed by atoms with Crippen LogP contribution in [0.1, 0.15) is 69.1 Å². The fourth-order valence-electron chi connectivity index (χ4n) is 4.13. The Morgan fingerprint density at radius 2 is 1.33 bits per heavy atom. The lowest BCUT2D eigenvalue weighted by atomic mass is 9.87. The molecule has 0 bridgehead atoms. The molecule has 3 aromatic rings. The Morgan fingerprint density at radius 3 is 2.00 bits per heavy atom. The SMILES string of the molecule is CCCCCOc1ccc(-c2ccccc2-c2ccc(CCCCC)c(C#N)c2C#N)cc1. The number of nitriles is 2. The molecule has 33 heavy (non-hydrogen) atoms. The highest BCUT2D eigenvalue weighted by atomic mass is 16.5. The van der Waals surface area contributed by atoms with Gasteiger partial charge in [0.15, 0.2) is 0 Å². The highest BCUT2D eigenvalue weighted by Gasteiger charge is 2.17. The van der Waals surface area contributed by atoms with Crippen LogP contribution in [-0.4, -0.2) is 6.61 Å². The van der Waals surface area contributed by atoms with E-state index in [1.807, 2.05) is 42.5 Å². The molecule has 0 saturated heterocycles. The second-order valence-corrected chi connectivity index (χ2v) is 8.33. The van der Waals surface area contributed by atoms with Crippen LogP contribution in [0.25, 0.3) is 22.3 Å². The second kappa shape index (κ2) is 12.5. The summed E-state index contributed by atoms with van der Waals surface area (Å²) in [6.45, 7) is 5.08. The number of nitrogens with zero attached hydrogens (tertiary/aromatic N) is 2. The molecule has 0 aliphatic carbocycles. The van der Waals surface area contributed by atoms with Gasteiger partial charge in [-0.2, -0.15) is 10.5 Å². The number of hydrogen-bond acceptors (Lipinski definition) is 3. The van der Waals surface area contributed by atoms with Gasteiger partial charge in [-0.25, -0.2) is 0 Å². The molecule has 0 radical (unpaired) electrons. The van der Waals surface area contributed by atoms with Crippen molar-refractivity contribution in [3.63, 3.8) is 0 Å². The van der Waals surface area contributed by atoms with Crippen molar-refractivity contribution in [2.24, 2.45) is 0 Å². The Bertz CT molecular complexity index is 1130. The number of unbranched alkanes of at least 4 members (excludes halogenated alkanes) is 4. The zero-order valence-electron chi connectivity index (χ0n) is 19.7. The van der Waals surface area contributed by atoms with Crippen molar-refractivity contribution in [2.45, 2.75) is 58.8 Å². The predicted molar refractivity (Wildman–Crippen MR) is 135 cm³/mol. The molecular weight excluding hydrogens is 404 g/mol. The van der Waals surface area contributed by atoms with Crippen LogP contribution in [0.2, 0.25) is 0 Å². The molecule has 0 heterocycles. The van der Waals surface area contributed by atoms with E-state index < -0.39 is 0 Å². The quantitative estimate of drug-likeness (QED) is 0.286. The van der Waals surface area contributed by atoms with Gasteiger partial charge in [-0.3, -0.25) is 0 Å². The largest absolute Gasteiger partial charge is 0.494 e. The van der Waals surface area contributed by atoms with Crippen LogP contribution in [0.3, 0.4) is 0 Å². The minimum Gasteiger partial charge on any atom is -0.494 e. The van der Waals surface area contributed by atoms with Gasteiger partial charge < -0.3 is 4.74 Å². The third-order valence-corrected chi connectivity index (χ3v) is 5.96. The highest BCUT2D eigenvalue weighted by Crippen LogP contribution is 2.36. The molecule has 0 aromatic heterocycles. The summed E-state index contributed by atoms with van der Waals surface area (Å²) in [5.41, 5.74) is 5.81. The first-order valence-electron chi connectivity index (χ1n) is 12.0. The van der Waals surface area contributed by atoms with Crippen LogP contribution in [-0.2, 0) is 6.42 Å². The molecule has 3 rings (SSSR count). The lowest BCUT2D eigenvalue weighted by Gasteiger charge is -2.15. The summed E-state index contributed by atoms with van der Waals surface area (Å²) in [6.07, 6.45) is 7.52. The van der Waals surface area contributed by atoms with Gasteiger partial charge in [0, 0.05) is 5.56 Å². The molecule has 0 aliphatic rings. The molecule has 0 saturated carbocycles. The maximum atomic E-state index is 9.99. The van der Waals surface area contributed by atoms with Crippen molar-refractivity contribution >= 4 is 0 Å². The van der Waals surface area contributed by atoms with Gasteiger partial charge in [-0.05, 0) is 53.6 Å². The minimum absolute atomic E-state index is 0.467. The molecule has 0 spiro atoms. The molecule has 3 aromatic carbocycles. The fourth-order valence-corrected chi connectivity index (χ4v) is 4.13. The lowest BCUT2D eigenvalue weighted by molar-refractivity contribution is 0.306. The van der Waals surface area contributed by atoms with Crippen LogP contribution in [0, 0.1) is 22.7 Å². The van der Waals surface area contributed by atoms with Gasteiger partial charge in [0.1, 0.15) is 17.9 Å². The topological polar surface area (TPSA) is 56.8 Å². The number of benzene rings is 3. The van der Waals surface area contributed by atoms with E-state index in [4.69, 9.17) is 4.74 Å². The summed E-state index contributed by atoms with van der Waals surface area (Å²) in [5.74, 6) is 0.869. The molecule has 3 nitrogen and oxygen atoms in total. The van der Waals surface area contributed by atoms with E-state index in [1.54, 1.807) is 0 Å². The highest BCUT2D eigenvalue weighted by molar-refractivity contribution is 5.87. The van der Waals surface area contributed by atoms with Gasteiger partial charge in [0.25, 0.3) is 0 Å². The van der Waals surface area contributed by atoms with Crippen molar-refractivity contribution in [3.8, 4) is 40.1 Å². The summed E-state index contributed by atoms with van der Waals surface area (Å²) in [5, 5.41) is 19.9. The van der Waals surface area contributed by atoms with Crippen LogP contribution < -0.4 is 4.74 Å². The first kappa shape index (κ1) is 24.1. The van der Waals surface area contributed by atoms with E-state index in [-0.39, 0.29) is 0 Å². The maximum absolute atomic E-state index is 9.99. The van der Waals surface area contributed by atoms with E-state index in [0.29, 0.717) is 11.1 Å². The van der Waals surface area contributed by atoms with Crippen LogP contribution >= 0.6 is 0 Å². The molecule has 0 amide bonds. The Kier molecular flexibility index (Phi) is 9.10. The Hall–Kier alpha value is -3.56. The van der Waals surface area contributed by atoms with Gasteiger partial charge in [0.2, 0.25) is 0 Å². The Morgan fingerprint density at radius 1 is 0.667 bits per heavy atom. The maximum Gasteiger partial charge on any atom is 0.119 e. The molecule has 0 N–H and O–H groups in total. The summed E-state index contributed by atoms with van der Waals surface area (Å²) in [4.78, 5) is 0. The zero-order valence-corrected chi connectivity index (χ0v) is 19.7.